The molecule has 2 aromatic rings. The zero-order valence-corrected chi connectivity index (χ0v) is 15.5. The Hall–Kier alpha value is -2.70. The van der Waals surface area contributed by atoms with Crippen molar-refractivity contribution < 1.29 is 14.0 Å². The molecule has 0 spiro atoms. The Morgan fingerprint density at radius 2 is 2.11 bits per heavy atom. The van der Waals surface area contributed by atoms with E-state index in [0.29, 0.717) is 25.2 Å². The number of rotatable bonds is 6. The highest BCUT2D eigenvalue weighted by Crippen LogP contribution is 2.19. The van der Waals surface area contributed by atoms with Crippen molar-refractivity contribution in [2.75, 3.05) is 19.6 Å². The molecule has 0 radical (unpaired) electrons. The minimum Gasteiger partial charge on any atom is -0.355 e. The number of nitrogens with one attached hydrogen (secondary N) is 1. The van der Waals surface area contributed by atoms with Crippen LogP contribution in [0.5, 0.6) is 0 Å². The van der Waals surface area contributed by atoms with E-state index >= 15 is 0 Å². The van der Waals surface area contributed by atoms with E-state index in [0.717, 1.165) is 19.4 Å². The Bertz CT molecular complexity index is 761. The number of amides is 2. The summed E-state index contributed by atoms with van der Waals surface area (Å²) in [6.45, 7) is 4.40. The van der Waals surface area contributed by atoms with Crippen LogP contribution in [0.25, 0.3) is 0 Å². The van der Waals surface area contributed by atoms with Gasteiger partial charge < -0.3 is 10.2 Å². The van der Waals surface area contributed by atoms with E-state index in [4.69, 9.17) is 0 Å². The number of carbonyl (C=O) groups is 2. The van der Waals surface area contributed by atoms with Crippen LogP contribution in [0.2, 0.25) is 0 Å². The van der Waals surface area contributed by atoms with E-state index in [1.165, 1.54) is 24.3 Å². The molecule has 1 aliphatic rings. The van der Waals surface area contributed by atoms with Gasteiger partial charge in [-0.1, -0.05) is 6.92 Å². The molecule has 1 N–H and O–H groups in total. The summed E-state index contributed by atoms with van der Waals surface area (Å²) >= 11 is 0. The van der Waals surface area contributed by atoms with Crippen LogP contribution in [0, 0.1) is 17.7 Å². The molecule has 3 rings (SSSR count). The lowest BCUT2D eigenvalue weighted by molar-refractivity contribution is -0.126. The molecule has 1 fully saturated rings. The Balaban J connectivity index is 1.50. The van der Waals surface area contributed by atoms with Gasteiger partial charge in [-0.2, -0.15) is 5.10 Å². The summed E-state index contributed by atoms with van der Waals surface area (Å²) in [5, 5.41) is 7.18. The number of halogens is 1. The van der Waals surface area contributed by atoms with Crippen LogP contribution in [-0.4, -0.2) is 46.1 Å². The first kappa shape index (κ1) is 19.1. The largest absolute Gasteiger partial charge is 0.355 e. The van der Waals surface area contributed by atoms with Gasteiger partial charge in [0.1, 0.15) is 5.82 Å². The zero-order chi connectivity index (χ0) is 19.2. The number of carbonyl (C=O) groups excluding carboxylic acids is 2. The van der Waals surface area contributed by atoms with E-state index in [-0.39, 0.29) is 29.5 Å². The number of piperidine rings is 1. The molecule has 1 aliphatic heterocycles. The van der Waals surface area contributed by atoms with Crippen molar-refractivity contribution in [3.63, 3.8) is 0 Å². The molecule has 7 heteroatoms. The molecule has 0 saturated carbocycles. The summed E-state index contributed by atoms with van der Waals surface area (Å²) in [5.41, 5.74) is 0.449. The normalized spacial score (nSPS) is 18.1. The van der Waals surface area contributed by atoms with Gasteiger partial charge >= 0.3 is 0 Å². The molecule has 0 aliphatic carbocycles. The Labute approximate surface area is 158 Å². The van der Waals surface area contributed by atoms with Gasteiger partial charge in [-0.05, 0) is 49.1 Å². The van der Waals surface area contributed by atoms with Crippen molar-refractivity contribution in [2.24, 2.45) is 11.8 Å². The second-order valence-corrected chi connectivity index (χ2v) is 7.18. The second-order valence-electron chi connectivity index (χ2n) is 7.18. The Morgan fingerprint density at radius 1 is 1.33 bits per heavy atom. The molecule has 2 heterocycles. The van der Waals surface area contributed by atoms with Crippen LogP contribution in [0.1, 0.15) is 30.1 Å². The highest BCUT2D eigenvalue weighted by atomic mass is 19.1. The summed E-state index contributed by atoms with van der Waals surface area (Å²) < 4.78 is 14.9. The van der Waals surface area contributed by atoms with Crippen LogP contribution in [0.15, 0.2) is 42.7 Å². The number of nitrogens with zero attached hydrogens (tertiary/aromatic N) is 3. The quantitative estimate of drug-likeness (QED) is 0.846. The van der Waals surface area contributed by atoms with Crippen molar-refractivity contribution in [1.29, 1.82) is 0 Å². The predicted molar refractivity (Wildman–Crippen MR) is 99.4 cm³/mol. The van der Waals surface area contributed by atoms with E-state index in [1.807, 2.05) is 16.9 Å². The van der Waals surface area contributed by atoms with Crippen LogP contribution in [-0.2, 0) is 11.3 Å². The topological polar surface area (TPSA) is 67.2 Å². The molecule has 2 amide bonds. The second kappa shape index (κ2) is 8.79. The Kier molecular flexibility index (Phi) is 6.21. The maximum absolute atomic E-state index is 13.0. The van der Waals surface area contributed by atoms with Crippen LogP contribution >= 0.6 is 0 Å². The summed E-state index contributed by atoms with van der Waals surface area (Å²) in [7, 11) is 0. The van der Waals surface area contributed by atoms with Crippen LogP contribution in [0.3, 0.4) is 0 Å². The van der Waals surface area contributed by atoms with Crippen molar-refractivity contribution in [1.82, 2.24) is 20.0 Å². The smallest absolute Gasteiger partial charge is 0.253 e. The first-order valence-corrected chi connectivity index (χ1v) is 9.33. The van der Waals surface area contributed by atoms with E-state index in [9.17, 15) is 14.0 Å². The molecule has 1 aromatic heterocycles. The predicted octanol–water partition coefficient (Wildman–Crippen LogP) is 2.33. The molecule has 27 heavy (non-hydrogen) atoms. The van der Waals surface area contributed by atoms with E-state index < -0.39 is 0 Å². The zero-order valence-electron chi connectivity index (χ0n) is 15.5. The molecule has 1 saturated heterocycles. The minimum atomic E-state index is -0.369. The van der Waals surface area contributed by atoms with Crippen molar-refractivity contribution in [2.45, 2.75) is 26.3 Å². The van der Waals surface area contributed by atoms with Gasteiger partial charge in [0.2, 0.25) is 5.91 Å². The monoisotopic (exact) mass is 372 g/mol. The van der Waals surface area contributed by atoms with Crippen molar-refractivity contribution in [3.8, 4) is 0 Å². The average Bonchev–Trinajstić information content (AvgIpc) is 3.19. The van der Waals surface area contributed by atoms with Gasteiger partial charge in [0.05, 0.1) is 5.92 Å². The molecule has 2 unspecified atom stereocenters. The van der Waals surface area contributed by atoms with E-state index in [2.05, 4.69) is 17.3 Å². The van der Waals surface area contributed by atoms with Gasteiger partial charge in [-0.25, -0.2) is 4.39 Å². The lowest BCUT2D eigenvalue weighted by Gasteiger charge is -2.32. The number of aromatic nitrogens is 2. The fraction of sp³-hybridized carbons (Fsp3) is 0.450. The molecular weight excluding hydrogens is 347 g/mol. The third-order valence-electron chi connectivity index (χ3n) is 4.85. The van der Waals surface area contributed by atoms with Crippen molar-refractivity contribution >= 4 is 11.8 Å². The number of benzene rings is 1. The molecule has 0 bridgehead atoms. The lowest BCUT2D eigenvalue weighted by Crippen LogP contribution is -2.46. The SMILES string of the molecule is CC(CNC(=O)C1CCCN(C(=O)c2ccc(F)cc2)C1)Cn1cccn1. The van der Waals surface area contributed by atoms with Gasteiger partial charge in [-0.3, -0.25) is 14.3 Å². The molecule has 1 aromatic carbocycles. The minimum absolute atomic E-state index is 0.0149. The van der Waals surface area contributed by atoms with Crippen molar-refractivity contribution in [3.05, 3.63) is 54.1 Å². The standard InChI is InChI=1S/C20H25FN4O2/c1-15(13-25-11-3-9-23-25)12-22-19(26)17-4-2-10-24(14-17)20(27)16-5-7-18(21)8-6-16/h3,5-9,11,15,17H,2,4,10,12-14H2,1H3,(H,22,26). The molecule has 144 valence electrons. The number of hydrogen-bond donors (Lipinski definition) is 1. The highest BCUT2D eigenvalue weighted by molar-refractivity contribution is 5.94. The maximum atomic E-state index is 13.0. The first-order chi connectivity index (χ1) is 13.0. The number of likely N-dealkylation sites (tertiary alicyclic amines) is 1. The maximum Gasteiger partial charge on any atom is 0.253 e. The summed E-state index contributed by atoms with van der Waals surface area (Å²) in [4.78, 5) is 26.8. The highest BCUT2D eigenvalue weighted by Gasteiger charge is 2.29. The summed E-state index contributed by atoms with van der Waals surface area (Å²) in [6.07, 6.45) is 5.19. The van der Waals surface area contributed by atoms with E-state index in [1.54, 1.807) is 11.1 Å². The molecule has 2 atom stereocenters. The molecular formula is C20H25FN4O2. The van der Waals surface area contributed by atoms with Gasteiger partial charge in [0, 0.05) is 44.1 Å². The summed E-state index contributed by atoms with van der Waals surface area (Å²) in [6, 6.07) is 7.40. The fourth-order valence-corrected chi connectivity index (χ4v) is 3.36. The summed E-state index contributed by atoms with van der Waals surface area (Å²) in [5.74, 6) is -0.486. The fourth-order valence-electron chi connectivity index (χ4n) is 3.36. The van der Waals surface area contributed by atoms with Crippen LogP contribution in [0.4, 0.5) is 4.39 Å². The third-order valence-corrected chi connectivity index (χ3v) is 4.85. The van der Waals surface area contributed by atoms with Gasteiger partial charge in [-0.15, -0.1) is 0 Å². The molecule has 6 nitrogen and oxygen atoms in total. The van der Waals surface area contributed by atoms with Crippen LogP contribution < -0.4 is 5.32 Å². The lowest BCUT2D eigenvalue weighted by atomic mass is 9.96. The number of hydrogen-bond acceptors (Lipinski definition) is 3. The average molecular weight is 372 g/mol. The van der Waals surface area contributed by atoms with Gasteiger partial charge in [0.25, 0.3) is 5.91 Å². The first-order valence-electron chi connectivity index (χ1n) is 9.33. The third kappa shape index (κ3) is 5.15. The van der Waals surface area contributed by atoms with Gasteiger partial charge in [0.15, 0.2) is 0 Å². The Morgan fingerprint density at radius 3 is 2.81 bits per heavy atom.